The molecular weight excluding hydrogens is 228 g/mol. The van der Waals surface area contributed by atoms with Crippen molar-refractivity contribution in [3.05, 3.63) is 29.8 Å². The number of aryl methyl sites for hydroxylation is 1. The van der Waals surface area contributed by atoms with Crippen LogP contribution in [0, 0.1) is 11.5 Å². The Morgan fingerprint density at radius 2 is 2.00 bits per heavy atom. The Kier molecular flexibility index (Phi) is 4.34. The van der Waals surface area contributed by atoms with E-state index < -0.39 is 0 Å². The van der Waals surface area contributed by atoms with E-state index in [-0.39, 0.29) is 0 Å². The second-order valence-electron chi connectivity index (χ2n) is 2.73. The molecule has 3 heteroatoms. The first-order chi connectivity index (χ1) is 6.36. The number of halogens is 1. The number of rotatable bonds is 4. The molecule has 1 aromatic rings. The molecule has 1 N–H and O–H groups in total. The van der Waals surface area contributed by atoms with Crippen molar-refractivity contribution in [2.24, 2.45) is 0 Å². The van der Waals surface area contributed by atoms with Crippen LogP contribution in [0.4, 0.5) is 5.69 Å². The van der Waals surface area contributed by atoms with Crippen molar-refractivity contribution in [3.63, 3.8) is 0 Å². The molecule has 0 aliphatic carbocycles. The van der Waals surface area contributed by atoms with Crippen LogP contribution < -0.4 is 5.32 Å². The van der Waals surface area contributed by atoms with Gasteiger partial charge in [-0.3, -0.25) is 5.32 Å². The van der Waals surface area contributed by atoms with Gasteiger partial charge in [-0.2, -0.15) is 5.26 Å². The zero-order valence-corrected chi connectivity index (χ0v) is 8.84. The molecule has 0 aliphatic rings. The molecule has 0 amide bonds. The quantitative estimate of drug-likeness (QED) is 0.498. The molecule has 2 nitrogen and oxygen atoms in total. The number of nitriles is 1. The van der Waals surface area contributed by atoms with Crippen LogP contribution in [0.2, 0.25) is 0 Å². The maximum atomic E-state index is 8.36. The number of anilines is 1. The Morgan fingerprint density at radius 1 is 1.31 bits per heavy atom. The smallest absolute Gasteiger partial charge is 0.181 e. The van der Waals surface area contributed by atoms with Crippen LogP contribution in [0.5, 0.6) is 0 Å². The predicted octanol–water partition coefficient (Wildman–Crippen LogP) is 2.91. The van der Waals surface area contributed by atoms with Gasteiger partial charge in [0.2, 0.25) is 0 Å². The fourth-order valence-corrected chi connectivity index (χ4v) is 1.37. The second kappa shape index (κ2) is 5.60. The first-order valence-corrected chi connectivity index (χ1v) is 5.29. The van der Waals surface area contributed by atoms with Crippen LogP contribution in [0.15, 0.2) is 24.3 Å². The minimum Gasteiger partial charge on any atom is -0.293 e. The first kappa shape index (κ1) is 10.1. The van der Waals surface area contributed by atoms with Crippen LogP contribution in [0.1, 0.15) is 12.0 Å². The van der Waals surface area contributed by atoms with E-state index in [2.05, 4.69) is 21.2 Å². The molecule has 1 aromatic carbocycles. The van der Waals surface area contributed by atoms with Crippen molar-refractivity contribution < 1.29 is 0 Å². The van der Waals surface area contributed by atoms with Crippen molar-refractivity contribution in [1.29, 1.82) is 5.26 Å². The molecule has 0 saturated heterocycles. The molecule has 13 heavy (non-hydrogen) atoms. The number of benzene rings is 1. The molecule has 0 atom stereocenters. The Bertz CT molecular complexity index is 287. The van der Waals surface area contributed by atoms with Crippen LogP contribution in [0.3, 0.4) is 0 Å². The monoisotopic (exact) mass is 238 g/mol. The third-order valence-electron chi connectivity index (χ3n) is 1.75. The molecule has 0 heterocycles. The fraction of sp³-hybridized carbons (Fsp3) is 0.300. The van der Waals surface area contributed by atoms with Crippen molar-refractivity contribution in [1.82, 2.24) is 0 Å². The molecule has 0 spiro atoms. The Morgan fingerprint density at radius 3 is 2.54 bits per heavy atom. The van der Waals surface area contributed by atoms with Crippen LogP contribution in [-0.4, -0.2) is 5.33 Å². The molecule has 0 fully saturated rings. The highest BCUT2D eigenvalue weighted by atomic mass is 79.9. The summed E-state index contributed by atoms with van der Waals surface area (Å²) in [6.07, 6.45) is 4.11. The van der Waals surface area contributed by atoms with E-state index in [0.717, 1.165) is 23.9 Å². The molecule has 0 aliphatic heterocycles. The van der Waals surface area contributed by atoms with E-state index in [1.54, 1.807) is 0 Å². The van der Waals surface area contributed by atoms with Gasteiger partial charge in [-0.15, -0.1) is 0 Å². The van der Waals surface area contributed by atoms with Crippen molar-refractivity contribution in [2.75, 3.05) is 10.6 Å². The first-order valence-electron chi connectivity index (χ1n) is 4.17. The topological polar surface area (TPSA) is 35.8 Å². The molecule has 0 radical (unpaired) electrons. The summed E-state index contributed by atoms with van der Waals surface area (Å²) in [5.74, 6) is 0. The third kappa shape index (κ3) is 3.47. The highest BCUT2D eigenvalue weighted by Gasteiger charge is 1.93. The van der Waals surface area contributed by atoms with Gasteiger partial charge >= 0.3 is 0 Å². The van der Waals surface area contributed by atoms with Crippen molar-refractivity contribution in [3.8, 4) is 6.19 Å². The minimum absolute atomic E-state index is 0.852. The molecule has 0 aromatic heterocycles. The summed E-state index contributed by atoms with van der Waals surface area (Å²) >= 11 is 3.39. The van der Waals surface area contributed by atoms with Crippen LogP contribution >= 0.6 is 15.9 Å². The number of nitrogens with one attached hydrogen (secondary N) is 1. The number of hydrogen-bond acceptors (Lipinski definition) is 2. The lowest BCUT2D eigenvalue weighted by molar-refractivity contribution is 0.940. The van der Waals surface area contributed by atoms with Gasteiger partial charge < -0.3 is 0 Å². The van der Waals surface area contributed by atoms with Gasteiger partial charge in [-0.05, 0) is 30.5 Å². The standard InChI is InChI=1S/C10H11BrN2/c11-7-1-2-9-3-5-10(6-4-9)13-8-12/h3-6,13H,1-2,7H2. The van der Waals surface area contributed by atoms with Gasteiger partial charge in [-0.25, -0.2) is 0 Å². The van der Waals surface area contributed by atoms with Crippen LogP contribution in [0.25, 0.3) is 0 Å². The lowest BCUT2D eigenvalue weighted by atomic mass is 10.1. The summed E-state index contributed by atoms with van der Waals surface area (Å²) in [5.41, 5.74) is 2.16. The van der Waals surface area contributed by atoms with E-state index in [1.807, 2.05) is 30.5 Å². The lowest BCUT2D eigenvalue weighted by Gasteiger charge is -2.00. The van der Waals surface area contributed by atoms with Gasteiger partial charge in [-0.1, -0.05) is 28.1 Å². The SMILES string of the molecule is N#CNc1ccc(CCCBr)cc1. The average molecular weight is 239 g/mol. The summed E-state index contributed by atoms with van der Waals surface area (Å²) < 4.78 is 0. The number of alkyl halides is 1. The average Bonchev–Trinajstić information content (AvgIpc) is 2.17. The Hall–Kier alpha value is -1.01. The molecule has 1 rings (SSSR count). The summed E-state index contributed by atoms with van der Waals surface area (Å²) in [6, 6.07) is 7.93. The predicted molar refractivity (Wildman–Crippen MR) is 57.8 cm³/mol. The Balaban J connectivity index is 2.55. The molecular formula is C10H11BrN2. The maximum Gasteiger partial charge on any atom is 0.181 e. The van der Waals surface area contributed by atoms with Gasteiger partial charge in [0.15, 0.2) is 6.19 Å². The summed E-state index contributed by atoms with van der Waals surface area (Å²) in [6.45, 7) is 0. The van der Waals surface area contributed by atoms with Gasteiger partial charge in [0, 0.05) is 11.0 Å². The molecule has 68 valence electrons. The van der Waals surface area contributed by atoms with Crippen LogP contribution in [-0.2, 0) is 6.42 Å². The van der Waals surface area contributed by atoms with Crippen molar-refractivity contribution >= 4 is 21.6 Å². The Labute approximate surface area is 86.7 Å². The second-order valence-corrected chi connectivity index (χ2v) is 3.52. The van der Waals surface area contributed by atoms with Gasteiger partial charge in [0.25, 0.3) is 0 Å². The number of nitrogens with zero attached hydrogens (tertiary/aromatic N) is 1. The summed E-state index contributed by atoms with van der Waals surface area (Å²) in [7, 11) is 0. The number of hydrogen-bond donors (Lipinski definition) is 1. The largest absolute Gasteiger partial charge is 0.293 e. The lowest BCUT2D eigenvalue weighted by Crippen LogP contribution is -1.89. The van der Waals surface area contributed by atoms with E-state index >= 15 is 0 Å². The maximum absolute atomic E-state index is 8.36. The summed E-state index contributed by atoms with van der Waals surface area (Å²) in [4.78, 5) is 0. The van der Waals surface area contributed by atoms with E-state index in [1.165, 1.54) is 5.56 Å². The highest BCUT2D eigenvalue weighted by Crippen LogP contribution is 2.10. The molecule has 0 bridgehead atoms. The van der Waals surface area contributed by atoms with Gasteiger partial charge in [0.05, 0.1) is 0 Å². The van der Waals surface area contributed by atoms with Crippen molar-refractivity contribution in [2.45, 2.75) is 12.8 Å². The normalized spacial score (nSPS) is 9.23. The van der Waals surface area contributed by atoms with E-state index in [4.69, 9.17) is 5.26 Å². The minimum atomic E-state index is 0.852. The fourth-order valence-electron chi connectivity index (χ4n) is 1.09. The highest BCUT2D eigenvalue weighted by molar-refractivity contribution is 9.09. The zero-order valence-electron chi connectivity index (χ0n) is 7.26. The summed E-state index contributed by atoms with van der Waals surface area (Å²) in [5, 5.41) is 12.0. The molecule has 0 unspecified atom stereocenters. The molecule has 0 saturated carbocycles. The third-order valence-corrected chi connectivity index (χ3v) is 2.31. The van der Waals surface area contributed by atoms with E-state index in [0.29, 0.717) is 0 Å². The van der Waals surface area contributed by atoms with Gasteiger partial charge in [0.1, 0.15) is 0 Å². The van der Waals surface area contributed by atoms with E-state index in [9.17, 15) is 0 Å². The zero-order chi connectivity index (χ0) is 9.52.